The van der Waals surface area contributed by atoms with Crippen molar-refractivity contribution < 1.29 is 17.6 Å². The smallest absolute Gasteiger partial charge is 0.196 e. The molecule has 6 heteroatoms. The van der Waals surface area contributed by atoms with Crippen LogP contribution < -0.4 is 0 Å². The van der Waals surface area contributed by atoms with Gasteiger partial charge in [0.1, 0.15) is 0 Å². The summed E-state index contributed by atoms with van der Waals surface area (Å²) < 4.78 is 43.9. The summed E-state index contributed by atoms with van der Waals surface area (Å²) >= 11 is 5.49. The van der Waals surface area contributed by atoms with Crippen LogP contribution in [0.5, 0.6) is 0 Å². The molecule has 90 valence electrons. The molecule has 2 nitrogen and oxygen atoms in total. The lowest BCUT2D eigenvalue weighted by molar-refractivity contribution is 0.446. The van der Waals surface area contributed by atoms with E-state index >= 15 is 0 Å². The molecule has 1 aromatic carbocycles. The lowest BCUT2D eigenvalue weighted by atomic mass is 10.1. The summed E-state index contributed by atoms with van der Waals surface area (Å²) in [6.07, 6.45) is 1.72. The maximum atomic E-state index is 13.0. The Morgan fingerprint density at radius 3 is 2.41 bits per heavy atom. The number of aromatic nitrogens is 1. The number of oxazole rings is 1. The van der Waals surface area contributed by atoms with Crippen LogP contribution in [0.25, 0.3) is 11.3 Å². The Hall–Kier alpha value is -1.49. The molecule has 0 unspecified atom stereocenters. The van der Waals surface area contributed by atoms with Crippen LogP contribution in [0.4, 0.5) is 13.2 Å². The fraction of sp³-hybridized carbons (Fsp3) is 0.182. The molecule has 1 aromatic heterocycles. The Morgan fingerprint density at radius 2 is 1.82 bits per heavy atom. The lowest BCUT2D eigenvalue weighted by Gasteiger charge is -1.99. The predicted molar refractivity (Wildman–Crippen MR) is 56.2 cm³/mol. The normalized spacial score (nSPS) is 10.8. The van der Waals surface area contributed by atoms with E-state index in [1.165, 1.54) is 6.20 Å². The first-order chi connectivity index (χ1) is 8.11. The molecule has 2 aromatic rings. The highest BCUT2D eigenvalue weighted by atomic mass is 35.5. The van der Waals surface area contributed by atoms with Crippen LogP contribution in [0.2, 0.25) is 0 Å². The van der Waals surface area contributed by atoms with Crippen molar-refractivity contribution in [3.63, 3.8) is 0 Å². The minimum Gasteiger partial charge on any atom is -0.441 e. The third-order valence-corrected chi connectivity index (χ3v) is 2.32. The third kappa shape index (κ3) is 2.44. The number of benzene rings is 1. The highest BCUT2D eigenvalue weighted by Crippen LogP contribution is 2.24. The van der Waals surface area contributed by atoms with Crippen LogP contribution in [0.1, 0.15) is 5.89 Å². The monoisotopic (exact) mass is 261 g/mol. The van der Waals surface area contributed by atoms with Crippen molar-refractivity contribution in [3.05, 3.63) is 41.7 Å². The number of rotatable bonds is 3. The van der Waals surface area contributed by atoms with E-state index in [0.717, 1.165) is 12.1 Å². The van der Waals surface area contributed by atoms with Crippen molar-refractivity contribution >= 4 is 11.6 Å². The molecule has 0 N–H and O–H groups in total. The van der Waals surface area contributed by atoms with Gasteiger partial charge >= 0.3 is 0 Å². The first-order valence-corrected chi connectivity index (χ1v) is 5.31. The Bertz CT molecular complexity index is 518. The average molecular weight is 262 g/mol. The number of aryl methyl sites for hydroxylation is 1. The first-order valence-electron chi connectivity index (χ1n) is 4.77. The van der Waals surface area contributed by atoms with Crippen molar-refractivity contribution in [3.8, 4) is 11.3 Å². The van der Waals surface area contributed by atoms with Gasteiger partial charge in [-0.05, 0) is 12.1 Å². The SMILES string of the molecule is Fc1cc(-c2cnc(CCCl)o2)cc(F)c1F. The maximum absolute atomic E-state index is 13.0. The standard InChI is InChI=1S/C11H7ClF3NO/c12-2-1-10-16-5-9(17-10)6-3-7(13)11(15)8(14)4-6/h3-5H,1-2H2. The molecule has 17 heavy (non-hydrogen) atoms. The van der Waals surface area contributed by atoms with Crippen LogP contribution in [-0.2, 0) is 6.42 Å². The fourth-order valence-corrected chi connectivity index (χ4v) is 1.50. The van der Waals surface area contributed by atoms with Crippen LogP contribution in [-0.4, -0.2) is 10.9 Å². The molecule has 1 heterocycles. The van der Waals surface area contributed by atoms with Gasteiger partial charge in [0.05, 0.1) is 6.20 Å². The average Bonchev–Trinajstić information content (AvgIpc) is 2.74. The van der Waals surface area contributed by atoms with Gasteiger partial charge in [-0.2, -0.15) is 0 Å². The van der Waals surface area contributed by atoms with Crippen molar-refractivity contribution in [2.75, 3.05) is 5.88 Å². The van der Waals surface area contributed by atoms with Crippen LogP contribution in [0.3, 0.4) is 0 Å². The van der Waals surface area contributed by atoms with Gasteiger partial charge < -0.3 is 4.42 Å². The molecule has 0 atom stereocenters. The molecular formula is C11H7ClF3NO. The molecule has 0 bridgehead atoms. The molecule has 0 radical (unpaired) electrons. The van der Waals surface area contributed by atoms with Gasteiger partial charge in [-0.25, -0.2) is 18.2 Å². The van der Waals surface area contributed by atoms with Crippen molar-refractivity contribution in [2.45, 2.75) is 6.42 Å². The summed E-state index contributed by atoms with van der Waals surface area (Å²) in [5, 5.41) is 0. The number of halogens is 4. The Balaban J connectivity index is 2.39. The van der Waals surface area contributed by atoms with E-state index in [2.05, 4.69) is 4.98 Å². The second-order valence-corrected chi connectivity index (χ2v) is 3.69. The second-order valence-electron chi connectivity index (χ2n) is 3.31. The van der Waals surface area contributed by atoms with E-state index in [1.807, 2.05) is 0 Å². The summed E-state index contributed by atoms with van der Waals surface area (Å²) in [6.45, 7) is 0. The third-order valence-electron chi connectivity index (χ3n) is 2.13. The van der Waals surface area contributed by atoms with Gasteiger partial charge in [-0.15, -0.1) is 11.6 Å². The molecule has 0 amide bonds. The van der Waals surface area contributed by atoms with Crippen LogP contribution in [0.15, 0.2) is 22.7 Å². The highest BCUT2D eigenvalue weighted by molar-refractivity contribution is 6.17. The van der Waals surface area contributed by atoms with E-state index in [4.69, 9.17) is 16.0 Å². The molecule has 2 rings (SSSR count). The molecule has 0 fully saturated rings. The molecule has 0 aliphatic carbocycles. The van der Waals surface area contributed by atoms with E-state index in [-0.39, 0.29) is 11.3 Å². The van der Waals surface area contributed by atoms with E-state index < -0.39 is 17.5 Å². The summed E-state index contributed by atoms with van der Waals surface area (Å²) in [5.41, 5.74) is 0.0923. The van der Waals surface area contributed by atoms with E-state index in [1.54, 1.807) is 0 Å². The van der Waals surface area contributed by atoms with Crippen molar-refractivity contribution in [1.82, 2.24) is 4.98 Å². The zero-order valence-corrected chi connectivity index (χ0v) is 9.27. The zero-order chi connectivity index (χ0) is 12.4. The Morgan fingerprint density at radius 1 is 1.18 bits per heavy atom. The van der Waals surface area contributed by atoms with Gasteiger partial charge in [-0.1, -0.05) is 0 Å². The summed E-state index contributed by atoms with van der Waals surface area (Å²) in [5.74, 6) is -3.19. The Kier molecular flexibility index (Phi) is 3.38. The minimum atomic E-state index is -1.51. The van der Waals surface area contributed by atoms with E-state index in [9.17, 15) is 13.2 Å². The molecule has 0 saturated heterocycles. The van der Waals surface area contributed by atoms with Crippen LogP contribution in [0, 0.1) is 17.5 Å². The molecule has 0 aliphatic heterocycles. The quantitative estimate of drug-likeness (QED) is 0.624. The molecule has 0 saturated carbocycles. The number of hydrogen-bond donors (Lipinski definition) is 0. The zero-order valence-electron chi connectivity index (χ0n) is 8.51. The number of nitrogens with zero attached hydrogens (tertiary/aromatic N) is 1. The molecule has 0 aliphatic rings. The van der Waals surface area contributed by atoms with Crippen molar-refractivity contribution in [1.29, 1.82) is 0 Å². The molecular weight excluding hydrogens is 255 g/mol. The fourth-order valence-electron chi connectivity index (χ4n) is 1.34. The number of hydrogen-bond acceptors (Lipinski definition) is 2. The number of alkyl halides is 1. The first kappa shape index (κ1) is 12.0. The molecule has 0 spiro atoms. The van der Waals surface area contributed by atoms with Gasteiger partial charge in [0.2, 0.25) is 0 Å². The van der Waals surface area contributed by atoms with Gasteiger partial charge in [0.15, 0.2) is 29.1 Å². The van der Waals surface area contributed by atoms with Gasteiger partial charge in [-0.3, -0.25) is 0 Å². The lowest BCUT2D eigenvalue weighted by Crippen LogP contribution is -1.91. The van der Waals surface area contributed by atoms with E-state index in [0.29, 0.717) is 18.2 Å². The largest absolute Gasteiger partial charge is 0.441 e. The topological polar surface area (TPSA) is 26.0 Å². The Labute approximate surface area is 100 Å². The second kappa shape index (κ2) is 4.79. The maximum Gasteiger partial charge on any atom is 0.196 e. The van der Waals surface area contributed by atoms with Crippen LogP contribution >= 0.6 is 11.6 Å². The summed E-state index contributed by atoms with van der Waals surface area (Å²) in [6, 6.07) is 1.70. The summed E-state index contributed by atoms with van der Waals surface area (Å²) in [7, 11) is 0. The van der Waals surface area contributed by atoms with Gasteiger partial charge in [0, 0.05) is 17.9 Å². The summed E-state index contributed by atoms with van der Waals surface area (Å²) in [4.78, 5) is 3.87. The minimum absolute atomic E-state index is 0.0923. The van der Waals surface area contributed by atoms with Gasteiger partial charge in [0.25, 0.3) is 0 Å². The van der Waals surface area contributed by atoms with Crippen molar-refractivity contribution in [2.24, 2.45) is 0 Å². The predicted octanol–water partition coefficient (Wildman–Crippen LogP) is 3.54. The highest BCUT2D eigenvalue weighted by Gasteiger charge is 2.14.